The van der Waals surface area contributed by atoms with Crippen LogP contribution in [-0.4, -0.2) is 47.4 Å². The summed E-state index contributed by atoms with van der Waals surface area (Å²) in [5.41, 5.74) is 0. The van der Waals surface area contributed by atoms with E-state index in [9.17, 15) is 9.59 Å². The van der Waals surface area contributed by atoms with E-state index in [0.29, 0.717) is 12.5 Å². The first-order chi connectivity index (χ1) is 9.01. The lowest BCUT2D eigenvalue weighted by Crippen LogP contribution is -2.63. The van der Waals surface area contributed by atoms with Gasteiger partial charge in [0.05, 0.1) is 0 Å². The average Bonchev–Trinajstić information content (AvgIpc) is 2.34. The molecule has 1 aliphatic heterocycles. The number of hydrogen-bond donors (Lipinski definition) is 1. The average molecular weight is 286 g/mol. The molecule has 5 heteroatoms. The molecule has 4 nitrogen and oxygen atoms in total. The lowest BCUT2D eigenvalue weighted by Gasteiger charge is -2.39. The monoisotopic (exact) mass is 286 g/mol. The van der Waals surface area contributed by atoms with Crippen LogP contribution < -0.4 is 5.32 Å². The first-order valence-electron chi connectivity index (χ1n) is 7.11. The maximum atomic E-state index is 12.5. The van der Waals surface area contributed by atoms with E-state index in [0.717, 1.165) is 25.0 Å². The highest BCUT2D eigenvalue weighted by atomic mass is 32.2. The van der Waals surface area contributed by atoms with Gasteiger partial charge in [-0.1, -0.05) is 27.2 Å². The summed E-state index contributed by atoms with van der Waals surface area (Å²) in [5.74, 6) is 1.40. The fourth-order valence-corrected chi connectivity index (χ4v) is 2.85. The molecule has 1 aliphatic rings. The molecule has 0 bridgehead atoms. The summed E-state index contributed by atoms with van der Waals surface area (Å²) in [7, 11) is 0. The lowest BCUT2D eigenvalue weighted by atomic mass is 9.97. The van der Waals surface area contributed by atoms with Gasteiger partial charge in [-0.2, -0.15) is 11.8 Å². The molecular formula is C14H26N2O2S. The van der Waals surface area contributed by atoms with E-state index < -0.39 is 0 Å². The number of amides is 2. The van der Waals surface area contributed by atoms with Crippen molar-refractivity contribution in [3.05, 3.63) is 0 Å². The van der Waals surface area contributed by atoms with Crippen LogP contribution in [0.1, 0.15) is 40.0 Å². The molecule has 0 aromatic heterocycles. The Balaban J connectivity index is 2.81. The number of thioether (sulfide) groups is 1. The Morgan fingerprint density at radius 2 is 2.05 bits per heavy atom. The standard InChI is InChI=1S/C14H26N2O2S/c1-5-6-12-13(17)15-11(9-10(2)3)14(18)16(12)7-8-19-4/h10-12H,5-9H2,1-4H3,(H,15,17). The zero-order valence-corrected chi connectivity index (χ0v) is 13.3. The van der Waals surface area contributed by atoms with Gasteiger partial charge in [-0.15, -0.1) is 0 Å². The van der Waals surface area contributed by atoms with Gasteiger partial charge in [0.25, 0.3) is 0 Å². The van der Waals surface area contributed by atoms with Crippen LogP contribution in [-0.2, 0) is 9.59 Å². The van der Waals surface area contributed by atoms with Crippen LogP contribution in [0.5, 0.6) is 0 Å². The molecule has 2 unspecified atom stereocenters. The summed E-state index contributed by atoms with van der Waals surface area (Å²) in [6, 6.07) is -0.601. The van der Waals surface area contributed by atoms with Crippen molar-refractivity contribution < 1.29 is 9.59 Å². The molecule has 1 fully saturated rings. The quantitative estimate of drug-likeness (QED) is 0.777. The van der Waals surface area contributed by atoms with Crippen molar-refractivity contribution in [3.63, 3.8) is 0 Å². The SMILES string of the molecule is CCCC1C(=O)NC(CC(C)C)C(=O)N1CCSC. The van der Waals surface area contributed by atoms with Gasteiger partial charge in [0, 0.05) is 12.3 Å². The van der Waals surface area contributed by atoms with Gasteiger partial charge in [-0.3, -0.25) is 9.59 Å². The van der Waals surface area contributed by atoms with E-state index in [1.165, 1.54) is 0 Å². The van der Waals surface area contributed by atoms with Gasteiger partial charge in [0.15, 0.2) is 0 Å². The summed E-state index contributed by atoms with van der Waals surface area (Å²) < 4.78 is 0. The highest BCUT2D eigenvalue weighted by Crippen LogP contribution is 2.19. The third kappa shape index (κ3) is 4.41. The molecule has 0 aromatic carbocycles. The molecule has 2 amide bonds. The fraction of sp³-hybridized carbons (Fsp3) is 0.857. The fourth-order valence-electron chi connectivity index (χ4n) is 2.47. The molecule has 0 saturated carbocycles. The molecule has 1 rings (SSSR count). The molecule has 2 atom stereocenters. The highest BCUT2D eigenvalue weighted by molar-refractivity contribution is 7.98. The zero-order valence-electron chi connectivity index (χ0n) is 12.4. The predicted molar refractivity (Wildman–Crippen MR) is 80.2 cm³/mol. The molecule has 0 aromatic rings. The molecule has 0 aliphatic carbocycles. The summed E-state index contributed by atoms with van der Waals surface area (Å²) in [6.07, 6.45) is 4.41. The van der Waals surface area contributed by atoms with Crippen molar-refractivity contribution >= 4 is 23.6 Å². The van der Waals surface area contributed by atoms with Crippen LogP contribution >= 0.6 is 11.8 Å². The molecule has 0 radical (unpaired) electrons. The smallest absolute Gasteiger partial charge is 0.245 e. The Labute approximate surface area is 120 Å². The van der Waals surface area contributed by atoms with Gasteiger partial charge < -0.3 is 10.2 Å². The normalized spacial score (nSPS) is 23.9. The summed E-state index contributed by atoms with van der Waals surface area (Å²) in [4.78, 5) is 26.5. The van der Waals surface area contributed by atoms with Gasteiger partial charge in [0.1, 0.15) is 12.1 Å². The number of nitrogens with zero attached hydrogens (tertiary/aromatic N) is 1. The molecular weight excluding hydrogens is 260 g/mol. The molecule has 110 valence electrons. The van der Waals surface area contributed by atoms with Crippen LogP contribution in [0.3, 0.4) is 0 Å². The molecule has 1 heterocycles. The van der Waals surface area contributed by atoms with Crippen molar-refractivity contribution in [2.24, 2.45) is 5.92 Å². The number of rotatable bonds is 7. The third-order valence-electron chi connectivity index (χ3n) is 3.38. The van der Waals surface area contributed by atoms with E-state index in [-0.39, 0.29) is 23.9 Å². The van der Waals surface area contributed by atoms with Gasteiger partial charge in [-0.05, 0) is 25.0 Å². The van der Waals surface area contributed by atoms with E-state index in [1.54, 1.807) is 16.7 Å². The van der Waals surface area contributed by atoms with Crippen LogP contribution in [0.25, 0.3) is 0 Å². The Morgan fingerprint density at radius 1 is 1.37 bits per heavy atom. The lowest BCUT2D eigenvalue weighted by molar-refractivity contribution is -0.149. The molecule has 1 saturated heterocycles. The Hall–Kier alpha value is -0.710. The maximum Gasteiger partial charge on any atom is 0.245 e. The van der Waals surface area contributed by atoms with Crippen molar-refractivity contribution in [2.45, 2.75) is 52.1 Å². The van der Waals surface area contributed by atoms with Crippen molar-refractivity contribution in [3.8, 4) is 0 Å². The second-order valence-corrected chi connectivity index (χ2v) is 6.51. The first kappa shape index (κ1) is 16.3. The summed E-state index contributed by atoms with van der Waals surface area (Å²) >= 11 is 1.71. The minimum absolute atomic E-state index is 0.0215. The van der Waals surface area contributed by atoms with Crippen molar-refractivity contribution in [1.29, 1.82) is 0 Å². The zero-order chi connectivity index (χ0) is 14.4. The van der Waals surface area contributed by atoms with Gasteiger partial charge >= 0.3 is 0 Å². The third-order valence-corrected chi connectivity index (χ3v) is 3.97. The largest absolute Gasteiger partial charge is 0.342 e. The number of hydrogen-bond acceptors (Lipinski definition) is 3. The Morgan fingerprint density at radius 3 is 2.58 bits per heavy atom. The minimum atomic E-state index is -0.331. The van der Waals surface area contributed by atoms with E-state index in [4.69, 9.17) is 0 Å². The Bertz CT molecular complexity index is 321. The summed E-state index contributed by atoms with van der Waals surface area (Å²) in [5, 5.41) is 2.90. The first-order valence-corrected chi connectivity index (χ1v) is 8.50. The van der Waals surface area contributed by atoms with E-state index in [2.05, 4.69) is 19.2 Å². The van der Waals surface area contributed by atoms with Crippen LogP contribution in [0.15, 0.2) is 0 Å². The number of piperazine rings is 1. The van der Waals surface area contributed by atoms with Crippen LogP contribution in [0, 0.1) is 5.92 Å². The molecule has 0 spiro atoms. The number of carbonyl (C=O) groups excluding carboxylic acids is 2. The van der Waals surface area contributed by atoms with Crippen molar-refractivity contribution in [1.82, 2.24) is 10.2 Å². The van der Waals surface area contributed by atoms with E-state index in [1.807, 2.05) is 13.2 Å². The molecule has 19 heavy (non-hydrogen) atoms. The molecule has 1 N–H and O–H groups in total. The summed E-state index contributed by atoms with van der Waals surface area (Å²) in [6.45, 7) is 6.87. The Kier molecular flexibility index (Phi) is 6.69. The second kappa shape index (κ2) is 7.78. The van der Waals surface area contributed by atoms with Gasteiger partial charge in [0.2, 0.25) is 11.8 Å². The topological polar surface area (TPSA) is 49.4 Å². The minimum Gasteiger partial charge on any atom is -0.342 e. The second-order valence-electron chi connectivity index (χ2n) is 5.52. The highest BCUT2D eigenvalue weighted by Gasteiger charge is 2.39. The number of nitrogens with one attached hydrogen (secondary N) is 1. The van der Waals surface area contributed by atoms with E-state index >= 15 is 0 Å². The van der Waals surface area contributed by atoms with Gasteiger partial charge in [-0.25, -0.2) is 0 Å². The van der Waals surface area contributed by atoms with Crippen LogP contribution in [0.4, 0.5) is 0 Å². The van der Waals surface area contributed by atoms with Crippen LogP contribution in [0.2, 0.25) is 0 Å². The predicted octanol–water partition coefficient (Wildman–Crippen LogP) is 1.89. The number of carbonyl (C=O) groups is 2. The maximum absolute atomic E-state index is 12.5. The van der Waals surface area contributed by atoms with Crippen molar-refractivity contribution in [2.75, 3.05) is 18.6 Å².